The predicted molar refractivity (Wildman–Crippen MR) is 91.7 cm³/mol. The number of carbonyl (C=O) groups excluding carboxylic acids is 2. The number of halogens is 2. The number of amides is 1. The fraction of sp³-hybridized carbons (Fsp3) is 0.263. The van der Waals surface area contributed by atoms with Gasteiger partial charge in [0.2, 0.25) is 0 Å². The van der Waals surface area contributed by atoms with Gasteiger partial charge < -0.3 is 14.8 Å². The Bertz CT molecular complexity index is 747. The molecule has 5 nitrogen and oxygen atoms in total. The Labute approximate surface area is 149 Å². The van der Waals surface area contributed by atoms with Gasteiger partial charge in [-0.2, -0.15) is 8.78 Å². The Morgan fingerprint density at radius 2 is 1.81 bits per heavy atom. The summed E-state index contributed by atoms with van der Waals surface area (Å²) in [6, 6.07) is 12.8. The molecule has 0 aromatic heterocycles. The minimum absolute atomic E-state index is 0.0788. The average molecular weight is 363 g/mol. The number of hydrogen-bond acceptors (Lipinski definition) is 4. The summed E-state index contributed by atoms with van der Waals surface area (Å²) in [6.07, 6.45) is 0.542. The second-order valence-corrected chi connectivity index (χ2v) is 5.50. The Kier molecular flexibility index (Phi) is 7.08. The van der Waals surface area contributed by atoms with Crippen LogP contribution in [0.1, 0.15) is 22.8 Å². The van der Waals surface area contributed by atoms with Crippen molar-refractivity contribution in [3.05, 3.63) is 59.7 Å². The van der Waals surface area contributed by atoms with Gasteiger partial charge in [0, 0.05) is 12.1 Å². The zero-order valence-electron chi connectivity index (χ0n) is 14.2. The van der Waals surface area contributed by atoms with Crippen molar-refractivity contribution in [3.8, 4) is 11.5 Å². The van der Waals surface area contributed by atoms with Gasteiger partial charge in [0.05, 0.1) is 0 Å². The monoisotopic (exact) mass is 363 g/mol. The maximum Gasteiger partial charge on any atom is 0.387 e. The smallest absolute Gasteiger partial charge is 0.387 e. The highest BCUT2D eigenvalue weighted by Gasteiger charge is 2.06. The van der Waals surface area contributed by atoms with Crippen LogP contribution in [0.3, 0.4) is 0 Å². The van der Waals surface area contributed by atoms with Crippen LogP contribution in [0.2, 0.25) is 0 Å². The molecule has 7 heteroatoms. The molecule has 0 bridgehead atoms. The minimum atomic E-state index is -2.85. The first-order valence-electron chi connectivity index (χ1n) is 7.98. The molecule has 0 saturated carbocycles. The summed E-state index contributed by atoms with van der Waals surface area (Å²) in [5.41, 5.74) is 1.39. The van der Waals surface area contributed by atoms with Crippen molar-refractivity contribution >= 4 is 11.7 Å². The first-order valence-corrected chi connectivity index (χ1v) is 7.98. The number of Topliss-reactive ketones (excluding diaryl/α,β-unsaturated/α-hetero) is 1. The number of ketones is 1. The third kappa shape index (κ3) is 6.51. The van der Waals surface area contributed by atoms with E-state index in [1.54, 1.807) is 36.4 Å². The van der Waals surface area contributed by atoms with Gasteiger partial charge in [-0.15, -0.1) is 0 Å². The second kappa shape index (κ2) is 9.50. The molecule has 26 heavy (non-hydrogen) atoms. The normalized spacial score (nSPS) is 10.5. The molecule has 0 heterocycles. The van der Waals surface area contributed by atoms with E-state index in [1.165, 1.54) is 19.1 Å². The first-order chi connectivity index (χ1) is 12.4. The van der Waals surface area contributed by atoms with E-state index in [1.807, 2.05) is 0 Å². The van der Waals surface area contributed by atoms with E-state index in [-0.39, 0.29) is 24.0 Å². The average Bonchev–Trinajstić information content (AvgIpc) is 2.61. The summed E-state index contributed by atoms with van der Waals surface area (Å²) in [5, 5.41) is 2.70. The third-order valence-electron chi connectivity index (χ3n) is 3.49. The van der Waals surface area contributed by atoms with Gasteiger partial charge >= 0.3 is 6.61 Å². The fourth-order valence-electron chi connectivity index (χ4n) is 2.19. The van der Waals surface area contributed by atoms with Gasteiger partial charge in [-0.25, -0.2) is 0 Å². The Balaban J connectivity index is 1.72. The van der Waals surface area contributed by atoms with E-state index < -0.39 is 6.61 Å². The van der Waals surface area contributed by atoms with Gasteiger partial charge in [-0.05, 0) is 43.2 Å². The number of nitrogens with one attached hydrogen (secondary N) is 1. The van der Waals surface area contributed by atoms with Gasteiger partial charge in [-0.3, -0.25) is 9.59 Å². The van der Waals surface area contributed by atoms with Crippen LogP contribution < -0.4 is 14.8 Å². The molecule has 0 fully saturated rings. The van der Waals surface area contributed by atoms with Crippen LogP contribution in [0.25, 0.3) is 0 Å². The number of ether oxygens (including phenoxy) is 2. The molecule has 0 spiro atoms. The lowest BCUT2D eigenvalue weighted by molar-refractivity contribution is -0.123. The quantitative estimate of drug-likeness (QED) is 0.695. The standard InChI is InChI=1S/C19H19F2NO4/c1-13(23)15-3-2-4-17(11-15)25-12-18(24)22-10-9-14-5-7-16(8-6-14)26-19(20)21/h2-8,11,19H,9-10,12H2,1H3,(H,22,24). The van der Waals surface area contributed by atoms with E-state index in [4.69, 9.17) is 4.74 Å². The molecule has 138 valence electrons. The van der Waals surface area contributed by atoms with E-state index in [0.29, 0.717) is 24.3 Å². The molecule has 2 rings (SSSR count). The van der Waals surface area contributed by atoms with E-state index >= 15 is 0 Å². The Morgan fingerprint density at radius 3 is 2.46 bits per heavy atom. The lowest BCUT2D eigenvalue weighted by atomic mass is 10.1. The van der Waals surface area contributed by atoms with Crippen molar-refractivity contribution in [2.24, 2.45) is 0 Å². The lowest BCUT2D eigenvalue weighted by Crippen LogP contribution is -2.30. The zero-order chi connectivity index (χ0) is 18.9. The number of hydrogen-bond donors (Lipinski definition) is 1. The predicted octanol–water partition coefficient (Wildman–Crippen LogP) is 3.23. The summed E-state index contributed by atoms with van der Waals surface area (Å²) < 4.78 is 33.8. The second-order valence-electron chi connectivity index (χ2n) is 5.50. The van der Waals surface area contributed by atoms with Crippen LogP contribution in [0, 0.1) is 0 Å². The zero-order valence-corrected chi connectivity index (χ0v) is 14.2. The summed E-state index contributed by atoms with van der Waals surface area (Å²) in [5.74, 6) is 0.164. The molecular weight excluding hydrogens is 344 g/mol. The molecule has 0 unspecified atom stereocenters. The number of carbonyl (C=O) groups is 2. The lowest BCUT2D eigenvalue weighted by Gasteiger charge is -2.09. The van der Waals surface area contributed by atoms with Crippen LogP contribution >= 0.6 is 0 Å². The molecular formula is C19H19F2NO4. The molecule has 0 saturated heterocycles. The molecule has 0 aliphatic heterocycles. The first kappa shape index (κ1) is 19.4. The summed E-state index contributed by atoms with van der Waals surface area (Å²) in [7, 11) is 0. The third-order valence-corrected chi connectivity index (χ3v) is 3.49. The fourth-order valence-corrected chi connectivity index (χ4v) is 2.19. The molecule has 0 aliphatic carbocycles. The van der Waals surface area contributed by atoms with Crippen molar-refractivity contribution in [2.45, 2.75) is 20.0 Å². The number of rotatable bonds is 9. The highest BCUT2D eigenvalue weighted by atomic mass is 19.3. The van der Waals surface area contributed by atoms with E-state index in [9.17, 15) is 18.4 Å². The molecule has 0 radical (unpaired) electrons. The molecule has 2 aromatic rings. The molecule has 0 aliphatic rings. The molecule has 1 amide bonds. The van der Waals surface area contributed by atoms with Crippen molar-refractivity contribution in [3.63, 3.8) is 0 Å². The van der Waals surface area contributed by atoms with Crippen molar-refractivity contribution in [2.75, 3.05) is 13.2 Å². The Morgan fingerprint density at radius 1 is 1.08 bits per heavy atom. The maximum absolute atomic E-state index is 12.1. The van der Waals surface area contributed by atoms with Crippen LogP contribution in [0.15, 0.2) is 48.5 Å². The van der Waals surface area contributed by atoms with Crippen LogP contribution in [-0.4, -0.2) is 31.5 Å². The van der Waals surface area contributed by atoms with Gasteiger partial charge in [0.25, 0.3) is 5.91 Å². The molecule has 0 atom stereocenters. The largest absolute Gasteiger partial charge is 0.484 e. The summed E-state index contributed by atoms with van der Waals surface area (Å²) in [6.45, 7) is -1.18. The Hall–Kier alpha value is -2.96. The van der Waals surface area contributed by atoms with Crippen molar-refractivity contribution in [1.29, 1.82) is 0 Å². The van der Waals surface area contributed by atoms with Crippen LogP contribution in [-0.2, 0) is 11.2 Å². The molecule has 1 N–H and O–H groups in total. The van der Waals surface area contributed by atoms with Crippen LogP contribution in [0.5, 0.6) is 11.5 Å². The van der Waals surface area contributed by atoms with Crippen molar-refractivity contribution < 1.29 is 27.8 Å². The van der Waals surface area contributed by atoms with Crippen LogP contribution in [0.4, 0.5) is 8.78 Å². The maximum atomic E-state index is 12.1. The minimum Gasteiger partial charge on any atom is -0.484 e. The van der Waals surface area contributed by atoms with Gasteiger partial charge in [0.1, 0.15) is 11.5 Å². The summed E-state index contributed by atoms with van der Waals surface area (Å²) >= 11 is 0. The summed E-state index contributed by atoms with van der Waals surface area (Å²) in [4.78, 5) is 23.1. The van der Waals surface area contributed by atoms with E-state index in [0.717, 1.165) is 5.56 Å². The van der Waals surface area contributed by atoms with E-state index in [2.05, 4.69) is 10.1 Å². The van der Waals surface area contributed by atoms with Crippen molar-refractivity contribution in [1.82, 2.24) is 5.32 Å². The topological polar surface area (TPSA) is 64.6 Å². The number of benzene rings is 2. The molecule has 2 aromatic carbocycles. The van der Waals surface area contributed by atoms with Gasteiger partial charge in [0.15, 0.2) is 12.4 Å². The van der Waals surface area contributed by atoms with Gasteiger partial charge in [-0.1, -0.05) is 24.3 Å². The highest BCUT2D eigenvalue weighted by molar-refractivity contribution is 5.94. The SMILES string of the molecule is CC(=O)c1cccc(OCC(=O)NCCc2ccc(OC(F)F)cc2)c1. The number of alkyl halides is 2. The highest BCUT2D eigenvalue weighted by Crippen LogP contribution is 2.15.